The molecule has 0 aliphatic carbocycles. The molecule has 0 aliphatic rings. The second-order valence-electron chi connectivity index (χ2n) is 7.68. The van der Waals surface area contributed by atoms with Gasteiger partial charge in [-0.15, -0.1) is 0 Å². The van der Waals surface area contributed by atoms with Crippen LogP contribution in [0, 0.1) is 0 Å². The fraction of sp³-hybridized carbons (Fsp3) is 0.417. The molecule has 0 saturated heterocycles. The third kappa shape index (κ3) is 7.10. The number of amides is 2. The average Bonchev–Trinajstić information content (AvgIpc) is 2.73. The van der Waals surface area contributed by atoms with Crippen molar-refractivity contribution in [1.29, 1.82) is 0 Å². The van der Waals surface area contributed by atoms with E-state index in [4.69, 9.17) is 10.2 Å². The molecule has 2 N–H and O–H groups in total. The maximum Gasteiger partial charge on any atom is 0.411 e. The molecular formula is C24H34N2O4. The molecule has 2 amide bonds. The molecule has 2 rings (SSSR count). The molecule has 1 unspecified atom stereocenters. The van der Waals surface area contributed by atoms with Gasteiger partial charge in [-0.2, -0.15) is 0 Å². The Bertz CT molecular complexity index is 835. The summed E-state index contributed by atoms with van der Waals surface area (Å²) in [5.74, 6) is 0.806. The summed E-state index contributed by atoms with van der Waals surface area (Å²) >= 11 is 0. The zero-order valence-electron chi connectivity index (χ0n) is 18.8. The van der Waals surface area contributed by atoms with Gasteiger partial charge < -0.3 is 10.2 Å². The van der Waals surface area contributed by atoms with Crippen LogP contribution in [-0.2, 0) is 0 Å². The molecule has 0 saturated carbocycles. The summed E-state index contributed by atoms with van der Waals surface area (Å²) in [4.78, 5) is 24.1. The van der Waals surface area contributed by atoms with Gasteiger partial charge in [0, 0.05) is 19.8 Å². The van der Waals surface area contributed by atoms with Crippen molar-refractivity contribution in [1.82, 2.24) is 0 Å². The monoisotopic (exact) mass is 414 g/mol. The van der Waals surface area contributed by atoms with Crippen molar-refractivity contribution in [3.8, 4) is 0 Å². The predicted octanol–water partition coefficient (Wildman–Crippen LogP) is 6.63. The molecule has 0 spiro atoms. The quantitative estimate of drug-likeness (QED) is 0.556. The maximum atomic E-state index is 10.8. The number of hydrogen-bond donors (Lipinski definition) is 2. The van der Waals surface area contributed by atoms with Crippen LogP contribution in [-0.4, -0.2) is 36.5 Å². The molecule has 164 valence electrons. The van der Waals surface area contributed by atoms with E-state index >= 15 is 0 Å². The predicted molar refractivity (Wildman–Crippen MR) is 123 cm³/mol. The van der Waals surface area contributed by atoms with Gasteiger partial charge in [0.05, 0.1) is 5.69 Å². The smallest absolute Gasteiger partial charge is 0.411 e. The van der Waals surface area contributed by atoms with Crippen molar-refractivity contribution in [2.75, 3.05) is 23.9 Å². The summed E-state index contributed by atoms with van der Waals surface area (Å²) in [7, 11) is 3.12. The summed E-state index contributed by atoms with van der Waals surface area (Å²) < 4.78 is 0. The highest BCUT2D eigenvalue weighted by Gasteiger charge is 2.14. The molecule has 0 heterocycles. The average molecular weight is 415 g/mol. The number of carboxylic acid groups (broad SMARTS) is 2. The minimum absolute atomic E-state index is 0.327. The molecule has 0 aliphatic heterocycles. The summed E-state index contributed by atoms with van der Waals surface area (Å²) in [6.07, 6.45) is 0.402. The van der Waals surface area contributed by atoms with Gasteiger partial charge in [-0.3, -0.25) is 9.80 Å². The van der Waals surface area contributed by atoms with Crippen LogP contribution in [0.15, 0.2) is 48.5 Å². The molecule has 30 heavy (non-hydrogen) atoms. The Morgan fingerprint density at radius 1 is 0.900 bits per heavy atom. The lowest BCUT2D eigenvalue weighted by molar-refractivity contribution is 0.202. The Balaban J connectivity index is 0.000000303. The van der Waals surface area contributed by atoms with Crippen molar-refractivity contribution >= 4 is 23.6 Å². The Kier molecular flexibility index (Phi) is 9.89. The van der Waals surface area contributed by atoms with Crippen LogP contribution >= 0.6 is 0 Å². The first-order valence-corrected chi connectivity index (χ1v) is 10.2. The molecule has 0 bridgehead atoms. The van der Waals surface area contributed by atoms with Gasteiger partial charge >= 0.3 is 12.2 Å². The van der Waals surface area contributed by atoms with E-state index < -0.39 is 12.2 Å². The van der Waals surface area contributed by atoms with Crippen LogP contribution in [0.2, 0.25) is 0 Å². The van der Waals surface area contributed by atoms with Gasteiger partial charge in [-0.25, -0.2) is 9.59 Å². The third-order valence-electron chi connectivity index (χ3n) is 5.04. The summed E-state index contributed by atoms with van der Waals surface area (Å²) in [6, 6.07) is 15.3. The normalized spacial score (nSPS) is 11.3. The zero-order chi connectivity index (χ0) is 22.8. The molecule has 0 radical (unpaired) electrons. The van der Waals surface area contributed by atoms with Gasteiger partial charge in [-0.1, -0.05) is 64.4 Å². The van der Waals surface area contributed by atoms with Crippen molar-refractivity contribution in [3.63, 3.8) is 0 Å². The molecule has 0 fully saturated rings. The Hall–Kier alpha value is -3.02. The van der Waals surface area contributed by atoms with Crippen LogP contribution in [0.4, 0.5) is 21.0 Å². The number of para-hydroxylation sites is 1. The van der Waals surface area contributed by atoms with Crippen molar-refractivity contribution in [2.24, 2.45) is 0 Å². The van der Waals surface area contributed by atoms with E-state index in [-0.39, 0.29) is 0 Å². The van der Waals surface area contributed by atoms with E-state index in [1.807, 2.05) is 42.5 Å². The molecule has 6 nitrogen and oxygen atoms in total. The Morgan fingerprint density at radius 2 is 1.50 bits per heavy atom. The van der Waals surface area contributed by atoms with Gasteiger partial charge in [0.25, 0.3) is 0 Å². The second kappa shape index (κ2) is 11.9. The number of benzene rings is 2. The maximum absolute atomic E-state index is 10.8. The van der Waals surface area contributed by atoms with E-state index in [0.29, 0.717) is 11.8 Å². The number of nitrogens with zero attached hydrogens (tertiary/aromatic N) is 2. The minimum Gasteiger partial charge on any atom is -0.465 e. The Morgan fingerprint density at radius 3 is 2.03 bits per heavy atom. The molecule has 1 atom stereocenters. The number of rotatable bonds is 6. The van der Waals surface area contributed by atoms with Crippen LogP contribution in [0.3, 0.4) is 0 Å². The highest BCUT2D eigenvalue weighted by Crippen LogP contribution is 2.26. The first-order valence-electron chi connectivity index (χ1n) is 10.2. The van der Waals surface area contributed by atoms with Crippen LogP contribution in [0.1, 0.15) is 63.5 Å². The topological polar surface area (TPSA) is 81.1 Å². The van der Waals surface area contributed by atoms with Crippen LogP contribution in [0.5, 0.6) is 0 Å². The fourth-order valence-corrected chi connectivity index (χ4v) is 3.13. The van der Waals surface area contributed by atoms with E-state index in [1.165, 1.54) is 15.4 Å². The largest absolute Gasteiger partial charge is 0.465 e. The summed E-state index contributed by atoms with van der Waals surface area (Å²) in [5.41, 5.74) is 3.74. The lowest BCUT2D eigenvalue weighted by Crippen LogP contribution is -2.25. The van der Waals surface area contributed by atoms with Crippen LogP contribution in [0.25, 0.3) is 0 Å². The third-order valence-corrected chi connectivity index (χ3v) is 5.04. The lowest BCUT2D eigenvalue weighted by atomic mass is 9.96. The number of carbonyl (C=O) groups is 2. The standard InChI is InChI=1S/C13H19NO2.C11H15NO2/c1-4-6-10(2)11-7-5-8-12(9-11)14(3)13(15)16;1-8(2)9-6-4-5-7-10(9)12(3)11(13)14/h5,7-10H,4,6H2,1-3H3,(H,15,16);4-8H,1-3H3,(H,13,14). The first-order chi connectivity index (χ1) is 14.1. The van der Waals surface area contributed by atoms with E-state index in [9.17, 15) is 9.59 Å². The number of hydrogen-bond acceptors (Lipinski definition) is 2. The van der Waals surface area contributed by atoms with Gasteiger partial charge in [-0.05, 0) is 47.6 Å². The van der Waals surface area contributed by atoms with Crippen molar-refractivity contribution in [2.45, 2.75) is 52.4 Å². The van der Waals surface area contributed by atoms with Gasteiger partial charge in [0.1, 0.15) is 0 Å². The summed E-state index contributed by atoms with van der Waals surface area (Å²) in [6.45, 7) is 8.43. The highest BCUT2D eigenvalue weighted by atomic mass is 16.4. The van der Waals surface area contributed by atoms with E-state index in [1.54, 1.807) is 14.1 Å². The highest BCUT2D eigenvalue weighted by molar-refractivity contribution is 5.86. The van der Waals surface area contributed by atoms with Gasteiger partial charge in [0.15, 0.2) is 0 Å². The van der Waals surface area contributed by atoms with E-state index in [2.05, 4.69) is 33.8 Å². The first kappa shape index (κ1) is 25.0. The SMILES string of the molecule is CC(C)c1ccccc1N(C)C(=O)O.CCCC(C)c1cccc(N(C)C(=O)O)c1. The molecular weight excluding hydrogens is 380 g/mol. The van der Waals surface area contributed by atoms with Crippen molar-refractivity contribution < 1.29 is 19.8 Å². The van der Waals surface area contributed by atoms with E-state index in [0.717, 1.165) is 29.8 Å². The minimum atomic E-state index is -0.932. The molecule has 2 aromatic rings. The zero-order valence-corrected chi connectivity index (χ0v) is 18.8. The molecule has 6 heteroatoms. The van der Waals surface area contributed by atoms with Crippen molar-refractivity contribution in [3.05, 3.63) is 59.7 Å². The van der Waals surface area contributed by atoms with Crippen LogP contribution < -0.4 is 9.80 Å². The summed E-state index contributed by atoms with van der Waals surface area (Å²) in [5, 5.41) is 17.8. The Labute approximate surface area is 179 Å². The second-order valence-corrected chi connectivity index (χ2v) is 7.68. The number of anilines is 2. The lowest BCUT2D eigenvalue weighted by Gasteiger charge is -2.19. The molecule has 0 aromatic heterocycles. The fourth-order valence-electron chi connectivity index (χ4n) is 3.13. The molecule has 2 aromatic carbocycles. The van der Waals surface area contributed by atoms with Gasteiger partial charge in [0.2, 0.25) is 0 Å².